The van der Waals surface area contributed by atoms with Crippen molar-refractivity contribution in [3.8, 4) is 34.5 Å². The molecule has 6 heteroatoms. The molecule has 0 aliphatic carbocycles. The molecule has 2 heterocycles. The molecule has 0 spiro atoms. The van der Waals surface area contributed by atoms with Gasteiger partial charge in [0.25, 0.3) is 0 Å². The summed E-state index contributed by atoms with van der Waals surface area (Å²) in [4.78, 5) is 14.3. The first-order valence-corrected chi connectivity index (χ1v) is 15.1. The average Bonchev–Trinajstić information content (AvgIpc) is 3.13. The van der Waals surface area contributed by atoms with Crippen LogP contribution in [-0.4, -0.2) is 14.2 Å². The fraction of sp³-hybridized carbons (Fsp3) is 0.100. The second-order valence-corrected chi connectivity index (χ2v) is 11.2. The van der Waals surface area contributed by atoms with E-state index in [1.165, 1.54) is 0 Å². The van der Waals surface area contributed by atoms with Gasteiger partial charge in [-0.1, -0.05) is 97.1 Å². The third-order valence-corrected chi connectivity index (χ3v) is 8.79. The van der Waals surface area contributed by atoms with Crippen molar-refractivity contribution in [1.82, 2.24) is 0 Å². The Morgan fingerprint density at radius 2 is 0.652 bits per heavy atom. The molecule has 2 aliphatic rings. The van der Waals surface area contributed by atoms with Gasteiger partial charge in [-0.15, -0.1) is 0 Å². The lowest BCUT2D eigenvalue weighted by Gasteiger charge is -2.44. The van der Waals surface area contributed by atoms with Crippen LogP contribution in [0.2, 0.25) is 0 Å². The minimum Gasteiger partial charge on any atom is -0.497 e. The largest absolute Gasteiger partial charge is 0.497 e. The molecule has 0 saturated heterocycles. The van der Waals surface area contributed by atoms with Crippen molar-refractivity contribution >= 4 is 0 Å². The van der Waals surface area contributed by atoms with Crippen LogP contribution in [0.1, 0.15) is 33.4 Å². The van der Waals surface area contributed by atoms with Gasteiger partial charge in [0, 0.05) is 22.3 Å². The molecule has 0 radical (unpaired) electrons. The number of rotatable bonds is 7. The van der Waals surface area contributed by atoms with Crippen LogP contribution >= 0.6 is 0 Å². The lowest BCUT2D eigenvalue weighted by Crippen LogP contribution is -2.42. The van der Waals surface area contributed by atoms with E-state index in [1.54, 1.807) is 14.2 Å². The lowest BCUT2D eigenvalue weighted by molar-refractivity contribution is -0.389. The number of para-hydroxylation sites is 4. The molecule has 6 nitrogen and oxygen atoms in total. The van der Waals surface area contributed by atoms with Crippen molar-refractivity contribution in [3.05, 3.63) is 179 Å². The van der Waals surface area contributed by atoms with Gasteiger partial charge >= 0.3 is 0 Å². The van der Waals surface area contributed by atoms with Gasteiger partial charge in [-0.05, 0) is 59.7 Å². The summed E-state index contributed by atoms with van der Waals surface area (Å²) >= 11 is 0. The molecule has 0 aromatic heterocycles. The van der Waals surface area contributed by atoms with Crippen molar-refractivity contribution in [2.75, 3.05) is 14.2 Å². The van der Waals surface area contributed by atoms with Gasteiger partial charge in [0.2, 0.25) is 0 Å². The van der Waals surface area contributed by atoms with E-state index in [0.29, 0.717) is 23.0 Å². The topological polar surface area (TPSA) is 55.4 Å². The van der Waals surface area contributed by atoms with E-state index < -0.39 is 11.2 Å². The number of methoxy groups -OCH3 is 2. The molecule has 0 atom stereocenters. The SMILES string of the molecule is COc1ccc(C2(OOC3(c4ccc(OC)cc4)c4ccccc4Oc4ccccc43)c3ccccc3Oc3ccccc32)cc1. The van der Waals surface area contributed by atoms with Crippen molar-refractivity contribution in [1.29, 1.82) is 0 Å². The number of fused-ring (bicyclic) bond motifs is 4. The van der Waals surface area contributed by atoms with Gasteiger partial charge in [-0.25, -0.2) is 9.78 Å². The maximum Gasteiger partial charge on any atom is 0.186 e. The molecule has 2 aliphatic heterocycles. The maximum atomic E-state index is 7.14. The van der Waals surface area contributed by atoms with Gasteiger partial charge < -0.3 is 18.9 Å². The average molecular weight is 607 g/mol. The summed E-state index contributed by atoms with van der Waals surface area (Å²) < 4.78 is 24.0. The second kappa shape index (κ2) is 11.1. The van der Waals surface area contributed by atoms with E-state index in [9.17, 15) is 0 Å². The van der Waals surface area contributed by atoms with E-state index in [2.05, 4.69) is 0 Å². The van der Waals surface area contributed by atoms with Crippen molar-refractivity contribution in [3.63, 3.8) is 0 Å². The molecule has 0 saturated carbocycles. The smallest absolute Gasteiger partial charge is 0.186 e. The molecule has 0 bridgehead atoms. The highest BCUT2D eigenvalue weighted by Crippen LogP contribution is 2.57. The Morgan fingerprint density at radius 3 is 0.935 bits per heavy atom. The number of benzene rings is 6. The molecule has 0 amide bonds. The third kappa shape index (κ3) is 4.19. The predicted octanol–water partition coefficient (Wildman–Crippen LogP) is 9.15. The van der Waals surface area contributed by atoms with E-state index in [0.717, 1.165) is 44.9 Å². The zero-order valence-corrected chi connectivity index (χ0v) is 25.3. The maximum absolute atomic E-state index is 7.14. The van der Waals surface area contributed by atoms with Gasteiger partial charge in [0.05, 0.1) is 14.2 Å². The first-order valence-electron chi connectivity index (χ1n) is 15.1. The summed E-state index contributed by atoms with van der Waals surface area (Å²) in [6.45, 7) is 0. The minimum absolute atomic E-state index is 0.673. The number of hydrogen-bond donors (Lipinski definition) is 0. The molecule has 226 valence electrons. The Morgan fingerprint density at radius 1 is 0.370 bits per heavy atom. The normalized spacial score (nSPS) is 14.7. The van der Waals surface area contributed by atoms with Gasteiger partial charge in [-0.2, -0.15) is 0 Å². The minimum atomic E-state index is -1.24. The Hall–Kier alpha value is -5.56. The highest BCUT2D eigenvalue weighted by Gasteiger charge is 2.52. The summed E-state index contributed by atoms with van der Waals surface area (Å²) in [5.74, 6) is 4.16. The molecular formula is C40H30O6. The van der Waals surface area contributed by atoms with E-state index >= 15 is 0 Å². The fourth-order valence-electron chi connectivity index (χ4n) is 6.59. The highest BCUT2D eigenvalue weighted by molar-refractivity contribution is 5.63. The van der Waals surface area contributed by atoms with Crippen LogP contribution in [0.25, 0.3) is 0 Å². The van der Waals surface area contributed by atoms with Crippen LogP contribution in [0.5, 0.6) is 34.5 Å². The predicted molar refractivity (Wildman–Crippen MR) is 174 cm³/mol. The first-order chi connectivity index (χ1) is 22.7. The van der Waals surface area contributed by atoms with Crippen LogP contribution in [0.4, 0.5) is 0 Å². The standard InChI is InChI=1S/C40H30O6/c1-41-29-23-19-27(20-24-29)39(31-11-3-7-15-35(31)43-36-16-8-4-12-32(36)39)45-46-40(28-21-25-30(42-2)26-22-28)33-13-5-9-17-37(33)44-38-18-10-6-14-34(38)40/h3-26H,1-2H3. The summed E-state index contributed by atoms with van der Waals surface area (Å²) in [5.41, 5.74) is 2.42. The first kappa shape index (κ1) is 28.0. The Labute approximate surface area is 267 Å². The summed E-state index contributed by atoms with van der Waals surface area (Å²) in [6.07, 6.45) is 0. The lowest BCUT2D eigenvalue weighted by atomic mass is 9.77. The van der Waals surface area contributed by atoms with Crippen molar-refractivity contribution in [2.24, 2.45) is 0 Å². The Bertz CT molecular complexity index is 1790. The number of hydrogen-bond acceptors (Lipinski definition) is 6. The Kier molecular flexibility index (Phi) is 6.75. The molecule has 6 aromatic rings. The van der Waals surface area contributed by atoms with Crippen molar-refractivity contribution in [2.45, 2.75) is 11.2 Å². The molecule has 0 fully saturated rings. The van der Waals surface area contributed by atoms with Crippen LogP contribution < -0.4 is 18.9 Å². The number of ether oxygens (including phenoxy) is 4. The fourth-order valence-corrected chi connectivity index (χ4v) is 6.59. The van der Waals surface area contributed by atoms with E-state index in [4.69, 9.17) is 28.7 Å². The molecule has 8 rings (SSSR count). The van der Waals surface area contributed by atoms with Gasteiger partial charge in [-0.3, -0.25) is 0 Å². The Balaban J connectivity index is 1.40. The quantitative estimate of drug-likeness (QED) is 0.133. The highest BCUT2D eigenvalue weighted by atomic mass is 17.2. The van der Waals surface area contributed by atoms with Crippen LogP contribution in [-0.2, 0) is 21.0 Å². The molecule has 0 N–H and O–H groups in total. The van der Waals surface area contributed by atoms with E-state index in [1.807, 2.05) is 146 Å². The summed E-state index contributed by atoms with van der Waals surface area (Å²) in [6, 6.07) is 47.4. The zero-order chi connectivity index (χ0) is 31.1. The van der Waals surface area contributed by atoms with Gasteiger partial charge in [0.1, 0.15) is 34.5 Å². The summed E-state index contributed by atoms with van der Waals surface area (Å²) in [5, 5.41) is 0. The molecule has 46 heavy (non-hydrogen) atoms. The van der Waals surface area contributed by atoms with E-state index in [-0.39, 0.29) is 0 Å². The van der Waals surface area contributed by atoms with Crippen LogP contribution in [0.3, 0.4) is 0 Å². The molecule has 0 unspecified atom stereocenters. The summed E-state index contributed by atoms with van der Waals surface area (Å²) in [7, 11) is 3.31. The molecule has 6 aromatic carbocycles. The zero-order valence-electron chi connectivity index (χ0n) is 25.3. The molecular weight excluding hydrogens is 576 g/mol. The van der Waals surface area contributed by atoms with Crippen molar-refractivity contribution < 1.29 is 28.7 Å². The second-order valence-electron chi connectivity index (χ2n) is 11.2. The third-order valence-electron chi connectivity index (χ3n) is 8.79. The van der Waals surface area contributed by atoms with Crippen LogP contribution in [0, 0.1) is 0 Å². The monoisotopic (exact) mass is 606 g/mol. The van der Waals surface area contributed by atoms with Crippen LogP contribution in [0.15, 0.2) is 146 Å². The van der Waals surface area contributed by atoms with Gasteiger partial charge in [0.15, 0.2) is 11.2 Å².